The quantitative estimate of drug-likeness (QED) is 0.487. The zero-order chi connectivity index (χ0) is 17.5. The number of amides is 1. The molecule has 2 heterocycles. The van der Waals surface area contributed by atoms with Crippen molar-refractivity contribution in [3.8, 4) is 0 Å². The zero-order valence-electron chi connectivity index (χ0n) is 14.9. The summed E-state index contributed by atoms with van der Waals surface area (Å²) in [6.45, 7) is 3.29. The molecule has 0 atom stereocenters. The average Bonchev–Trinajstić information content (AvgIpc) is 3.17. The van der Waals surface area contributed by atoms with Crippen LogP contribution in [0.15, 0.2) is 27.8 Å². The highest BCUT2D eigenvalue weighted by molar-refractivity contribution is 8.00. The predicted octanol–water partition coefficient (Wildman–Crippen LogP) is 2.34. The van der Waals surface area contributed by atoms with E-state index >= 15 is 0 Å². The third-order valence-corrected chi connectivity index (χ3v) is 6.50. The molecule has 2 N–H and O–H groups in total. The van der Waals surface area contributed by atoms with E-state index < -0.39 is 0 Å². The number of hydrogen-bond acceptors (Lipinski definition) is 4. The Labute approximate surface area is 153 Å². The van der Waals surface area contributed by atoms with Crippen LogP contribution in [0.2, 0.25) is 0 Å². The molecule has 138 valence electrons. The van der Waals surface area contributed by atoms with E-state index in [-0.39, 0.29) is 5.91 Å². The highest BCUT2D eigenvalue weighted by Crippen LogP contribution is 2.42. The van der Waals surface area contributed by atoms with E-state index in [0.717, 1.165) is 24.8 Å². The molecule has 0 unspecified atom stereocenters. The van der Waals surface area contributed by atoms with Crippen LogP contribution in [-0.4, -0.2) is 60.5 Å². The van der Waals surface area contributed by atoms with E-state index in [1.165, 1.54) is 38.4 Å². The van der Waals surface area contributed by atoms with Crippen molar-refractivity contribution in [2.45, 2.75) is 36.9 Å². The summed E-state index contributed by atoms with van der Waals surface area (Å²) in [7, 11) is 1.83. The smallest absolute Gasteiger partial charge is 0.287 e. The van der Waals surface area contributed by atoms with Crippen molar-refractivity contribution in [2.75, 3.05) is 39.0 Å². The number of rotatable bonds is 4. The molecule has 1 spiro atoms. The second-order valence-electron chi connectivity index (χ2n) is 6.72. The van der Waals surface area contributed by atoms with Gasteiger partial charge in [-0.1, -0.05) is 19.3 Å². The first kappa shape index (κ1) is 18.2. The Balaban J connectivity index is 1.45. The number of nitrogens with zero attached hydrogens (tertiary/aromatic N) is 2. The van der Waals surface area contributed by atoms with Crippen molar-refractivity contribution in [3.05, 3.63) is 24.2 Å². The van der Waals surface area contributed by atoms with Crippen LogP contribution < -0.4 is 10.6 Å². The maximum absolute atomic E-state index is 11.8. The van der Waals surface area contributed by atoms with Gasteiger partial charge in [0.1, 0.15) is 0 Å². The molecule has 3 rings (SSSR count). The Morgan fingerprint density at radius 3 is 2.84 bits per heavy atom. The van der Waals surface area contributed by atoms with E-state index in [0.29, 0.717) is 23.6 Å². The number of carbonyl (C=O) groups excluding carboxylic acids is 1. The maximum Gasteiger partial charge on any atom is 0.287 e. The molecule has 7 heteroatoms. The standard InChI is InChI=1S/C18H28N4O2S/c1-19-17(21-10-9-20-16(23)15-6-5-12-24-15)22-11-13-25-18(14-22)7-3-2-4-8-18/h5-6,12H,2-4,7-11,13-14H2,1H3,(H,19,21)(H,20,23). The fourth-order valence-corrected chi connectivity index (χ4v) is 5.27. The van der Waals surface area contributed by atoms with Crippen LogP contribution >= 0.6 is 11.8 Å². The van der Waals surface area contributed by atoms with Gasteiger partial charge in [0.15, 0.2) is 11.7 Å². The van der Waals surface area contributed by atoms with Crippen LogP contribution in [0.5, 0.6) is 0 Å². The number of carbonyl (C=O) groups is 1. The van der Waals surface area contributed by atoms with Gasteiger partial charge in [0.2, 0.25) is 0 Å². The van der Waals surface area contributed by atoms with Crippen molar-refractivity contribution in [2.24, 2.45) is 4.99 Å². The summed E-state index contributed by atoms with van der Waals surface area (Å²) in [4.78, 5) is 18.7. The minimum absolute atomic E-state index is 0.183. The second-order valence-corrected chi connectivity index (χ2v) is 8.28. The summed E-state index contributed by atoms with van der Waals surface area (Å²) in [5.74, 6) is 2.27. The Hall–Kier alpha value is -1.63. The molecule has 1 aromatic heterocycles. The summed E-state index contributed by atoms with van der Waals surface area (Å²) in [5, 5.41) is 6.23. The van der Waals surface area contributed by atoms with Gasteiger partial charge in [0.25, 0.3) is 5.91 Å². The van der Waals surface area contributed by atoms with Gasteiger partial charge >= 0.3 is 0 Å². The highest BCUT2D eigenvalue weighted by Gasteiger charge is 2.38. The number of hydrogen-bond donors (Lipinski definition) is 2. The van der Waals surface area contributed by atoms with Crippen molar-refractivity contribution in [3.63, 3.8) is 0 Å². The molecule has 1 saturated carbocycles. The number of nitrogens with one attached hydrogen (secondary N) is 2. The van der Waals surface area contributed by atoms with Crippen LogP contribution in [0.1, 0.15) is 42.7 Å². The molecule has 0 aromatic carbocycles. The van der Waals surface area contributed by atoms with Crippen molar-refractivity contribution in [1.29, 1.82) is 0 Å². The first-order valence-corrected chi connectivity index (χ1v) is 10.1. The van der Waals surface area contributed by atoms with Gasteiger partial charge in [-0.15, -0.1) is 0 Å². The SMILES string of the molecule is CN=C(NCCNC(=O)c1ccco1)N1CCSC2(CCCCC2)C1. The van der Waals surface area contributed by atoms with Gasteiger partial charge in [-0.3, -0.25) is 9.79 Å². The molecular formula is C18H28N4O2S. The van der Waals surface area contributed by atoms with Gasteiger partial charge in [-0.25, -0.2) is 0 Å². The molecule has 6 nitrogen and oxygen atoms in total. The van der Waals surface area contributed by atoms with Gasteiger partial charge in [0, 0.05) is 43.7 Å². The molecule has 1 saturated heterocycles. The Morgan fingerprint density at radius 2 is 2.12 bits per heavy atom. The number of aliphatic imine (C=N–C) groups is 1. The summed E-state index contributed by atoms with van der Waals surface area (Å²) >= 11 is 2.16. The van der Waals surface area contributed by atoms with Crippen LogP contribution in [-0.2, 0) is 0 Å². The summed E-state index contributed by atoms with van der Waals surface area (Å²) < 4.78 is 5.51. The fraction of sp³-hybridized carbons (Fsp3) is 0.667. The van der Waals surface area contributed by atoms with Crippen LogP contribution in [0, 0.1) is 0 Å². The lowest BCUT2D eigenvalue weighted by Crippen LogP contribution is -2.54. The Morgan fingerprint density at radius 1 is 1.32 bits per heavy atom. The first-order valence-electron chi connectivity index (χ1n) is 9.14. The first-order chi connectivity index (χ1) is 12.2. The van der Waals surface area contributed by atoms with Gasteiger partial charge in [-0.05, 0) is 25.0 Å². The van der Waals surface area contributed by atoms with Gasteiger partial charge in [-0.2, -0.15) is 11.8 Å². The lowest BCUT2D eigenvalue weighted by atomic mass is 9.87. The van der Waals surface area contributed by atoms with Gasteiger partial charge < -0.3 is 20.0 Å². The van der Waals surface area contributed by atoms with E-state index in [4.69, 9.17) is 4.42 Å². The zero-order valence-corrected chi connectivity index (χ0v) is 15.7. The van der Waals surface area contributed by atoms with Crippen molar-refractivity contribution in [1.82, 2.24) is 15.5 Å². The average molecular weight is 365 g/mol. The van der Waals surface area contributed by atoms with E-state index in [2.05, 4.69) is 32.3 Å². The largest absolute Gasteiger partial charge is 0.459 e. The maximum atomic E-state index is 11.8. The topological polar surface area (TPSA) is 69.9 Å². The predicted molar refractivity (Wildman–Crippen MR) is 102 cm³/mol. The van der Waals surface area contributed by atoms with Crippen molar-refractivity contribution < 1.29 is 9.21 Å². The van der Waals surface area contributed by atoms with E-state index in [9.17, 15) is 4.79 Å². The molecule has 1 aliphatic heterocycles. The van der Waals surface area contributed by atoms with Gasteiger partial charge in [0.05, 0.1) is 6.26 Å². The molecule has 25 heavy (non-hydrogen) atoms. The van der Waals surface area contributed by atoms with E-state index in [1.807, 2.05) is 7.05 Å². The molecular weight excluding hydrogens is 336 g/mol. The Bertz CT molecular complexity index is 576. The molecule has 2 aliphatic rings. The molecule has 0 bridgehead atoms. The number of guanidine groups is 1. The highest BCUT2D eigenvalue weighted by atomic mass is 32.2. The number of furan rings is 1. The summed E-state index contributed by atoms with van der Waals surface area (Å²) in [5.41, 5.74) is 0. The monoisotopic (exact) mass is 364 g/mol. The fourth-order valence-electron chi connectivity index (χ4n) is 3.70. The molecule has 0 radical (unpaired) electrons. The minimum Gasteiger partial charge on any atom is -0.459 e. The van der Waals surface area contributed by atoms with Crippen LogP contribution in [0.4, 0.5) is 0 Å². The molecule has 2 fully saturated rings. The Kier molecular flexibility index (Phi) is 6.29. The van der Waals surface area contributed by atoms with Crippen LogP contribution in [0.3, 0.4) is 0 Å². The number of thioether (sulfide) groups is 1. The normalized spacial score (nSPS) is 20.5. The minimum atomic E-state index is -0.183. The second kappa shape index (κ2) is 8.65. The summed E-state index contributed by atoms with van der Waals surface area (Å²) in [6.07, 6.45) is 8.24. The molecule has 1 amide bonds. The molecule has 1 aliphatic carbocycles. The van der Waals surface area contributed by atoms with Crippen molar-refractivity contribution >= 4 is 23.6 Å². The van der Waals surface area contributed by atoms with Crippen LogP contribution in [0.25, 0.3) is 0 Å². The third-order valence-electron chi connectivity index (χ3n) is 4.96. The summed E-state index contributed by atoms with van der Waals surface area (Å²) in [6, 6.07) is 3.38. The lowest BCUT2D eigenvalue weighted by Gasteiger charge is -2.45. The lowest BCUT2D eigenvalue weighted by molar-refractivity contribution is 0.0926. The molecule has 1 aromatic rings. The van der Waals surface area contributed by atoms with E-state index in [1.54, 1.807) is 12.1 Å². The third kappa shape index (κ3) is 4.71.